The topological polar surface area (TPSA) is 13.1 Å². The minimum absolute atomic E-state index is 0.968. The second-order valence-electron chi connectivity index (χ2n) is 2.91. The molecule has 2 rings (SSSR count). The second-order valence-corrected chi connectivity index (χ2v) is 2.91. The summed E-state index contributed by atoms with van der Waals surface area (Å²) in [6.07, 6.45) is 4.63. The van der Waals surface area contributed by atoms with Crippen molar-refractivity contribution in [3.05, 3.63) is 24.2 Å². The Morgan fingerprint density at radius 2 is 2.10 bits per heavy atom. The van der Waals surface area contributed by atoms with E-state index >= 15 is 0 Å². The number of furan rings is 1. The highest BCUT2D eigenvalue weighted by atomic mass is 16.3. The molecule has 1 saturated carbocycles. The fourth-order valence-corrected chi connectivity index (χ4v) is 0.527. The van der Waals surface area contributed by atoms with E-state index < -0.39 is 0 Å². The summed E-state index contributed by atoms with van der Waals surface area (Å²) in [5.74, 6) is 2.05. The van der Waals surface area contributed by atoms with Crippen LogP contribution in [0.2, 0.25) is 0 Å². The van der Waals surface area contributed by atoms with Gasteiger partial charge in [-0.3, -0.25) is 0 Å². The Morgan fingerprint density at radius 1 is 1.50 bits per heavy atom. The molecule has 0 saturated heterocycles. The molecule has 0 bridgehead atoms. The maximum Gasteiger partial charge on any atom is 0.100 e. The first-order valence-corrected chi connectivity index (χ1v) is 3.79. The lowest BCUT2D eigenvalue weighted by Gasteiger charge is -1.69. The molecule has 1 nitrogen and oxygen atoms in total. The van der Waals surface area contributed by atoms with Gasteiger partial charge in [-0.05, 0) is 25.0 Å². The van der Waals surface area contributed by atoms with E-state index in [1.807, 2.05) is 19.1 Å². The lowest BCUT2D eigenvalue weighted by Crippen LogP contribution is -1.48. The minimum atomic E-state index is 0.968. The lowest BCUT2D eigenvalue weighted by molar-refractivity contribution is 0.534. The summed E-state index contributed by atoms with van der Waals surface area (Å²) >= 11 is 0. The van der Waals surface area contributed by atoms with Crippen molar-refractivity contribution in [2.75, 3.05) is 0 Å². The average Bonchev–Trinajstić information content (AvgIpc) is 2.50. The first-order chi connectivity index (χ1) is 4.79. The van der Waals surface area contributed by atoms with Crippen LogP contribution in [0, 0.1) is 12.8 Å². The molecular weight excluding hydrogens is 124 g/mol. The summed E-state index contributed by atoms with van der Waals surface area (Å²) in [6, 6.07) is 3.79. The smallest absolute Gasteiger partial charge is 0.100 e. The van der Waals surface area contributed by atoms with Gasteiger partial charge < -0.3 is 4.42 Å². The molecule has 0 unspecified atom stereocenters. The Morgan fingerprint density at radius 3 is 2.20 bits per heavy atom. The molecule has 0 aliphatic heterocycles. The van der Waals surface area contributed by atoms with E-state index in [9.17, 15) is 0 Å². The maximum atomic E-state index is 4.83. The fourth-order valence-electron chi connectivity index (χ4n) is 0.527. The van der Waals surface area contributed by atoms with Crippen molar-refractivity contribution in [2.24, 2.45) is 5.92 Å². The number of aryl methyl sites for hydroxylation is 1. The molecule has 10 heavy (non-hydrogen) atoms. The van der Waals surface area contributed by atoms with Crippen LogP contribution in [0.5, 0.6) is 0 Å². The minimum Gasteiger partial charge on any atom is -0.470 e. The quantitative estimate of drug-likeness (QED) is 0.537. The normalized spacial score (nSPS) is 15.8. The van der Waals surface area contributed by atoms with E-state index in [4.69, 9.17) is 4.42 Å². The Kier molecular flexibility index (Phi) is 2.55. The SMILES string of the molecule is CC1CC1.Cc1ccco1. The van der Waals surface area contributed by atoms with Crippen LogP contribution >= 0.6 is 0 Å². The van der Waals surface area contributed by atoms with Crippen LogP contribution in [-0.2, 0) is 0 Å². The second kappa shape index (κ2) is 3.45. The van der Waals surface area contributed by atoms with Gasteiger partial charge in [-0.25, -0.2) is 0 Å². The van der Waals surface area contributed by atoms with Crippen LogP contribution in [0.1, 0.15) is 25.5 Å². The van der Waals surface area contributed by atoms with Gasteiger partial charge in [0.15, 0.2) is 0 Å². The molecule has 0 atom stereocenters. The third kappa shape index (κ3) is 3.33. The number of rotatable bonds is 0. The highest BCUT2D eigenvalue weighted by molar-refractivity contribution is 4.93. The number of hydrogen-bond donors (Lipinski definition) is 0. The summed E-state index contributed by atoms with van der Waals surface area (Å²) in [5, 5.41) is 0. The molecule has 0 amide bonds. The standard InChI is InChI=1S/C5H6O.C4H8/c1-5-3-2-4-6-5;1-4-2-3-4/h2-4H,1H3;4H,2-3H2,1H3. The third-order valence-electron chi connectivity index (χ3n) is 1.53. The average molecular weight is 138 g/mol. The first-order valence-electron chi connectivity index (χ1n) is 3.79. The van der Waals surface area contributed by atoms with Crippen LogP contribution in [0.3, 0.4) is 0 Å². The molecular formula is C9H14O. The van der Waals surface area contributed by atoms with E-state index in [1.165, 1.54) is 12.8 Å². The molecule has 1 aliphatic carbocycles. The Labute approximate surface area is 62.1 Å². The molecule has 1 fully saturated rings. The molecule has 0 aromatic carbocycles. The largest absolute Gasteiger partial charge is 0.470 e. The highest BCUT2D eigenvalue weighted by Crippen LogP contribution is 2.26. The van der Waals surface area contributed by atoms with Gasteiger partial charge in [-0.15, -0.1) is 0 Å². The van der Waals surface area contributed by atoms with Gasteiger partial charge in [0, 0.05) is 0 Å². The third-order valence-corrected chi connectivity index (χ3v) is 1.53. The van der Waals surface area contributed by atoms with Crippen LogP contribution in [0.4, 0.5) is 0 Å². The van der Waals surface area contributed by atoms with Gasteiger partial charge >= 0.3 is 0 Å². The van der Waals surface area contributed by atoms with E-state index in [2.05, 4.69) is 6.92 Å². The summed E-state index contributed by atoms with van der Waals surface area (Å²) in [4.78, 5) is 0. The van der Waals surface area contributed by atoms with Crippen molar-refractivity contribution in [2.45, 2.75) is 26.7 Å². The van der Waals surface area contributed by atoms with Gasteiger partial charge in [0.1, 0.15) is 5.76 Å². The van der Waals surface area contributed by atoms with Gasteiger partial charge in [-0.2, -0.15) is 0 Å². The molecule has 0 spiro atoms. The van der Waals surface area contributed by atoms with E-state index in [0.29, 0.717) is 0 Å². The van der Waals surface area contributed by atoms with Crippen LogP contribution in [-0.4, -0.2) is 0 Å². The Hall–Kier alpha value is -0.720. The molecule has 1 heteroatoms. The summed E-state index contributed by atoms with van der Waals surface area (Å²) in [7, 11) is 0. The maximum absolute atomic E-state index is 4.83. The summed E-state index contributed by atoms with van der Waals surface area (Å²) in [6.45, 7) is 4.19. The van der Waals surface area contributed by atoms with Crippen LogP contribution in [0.25, 0.3) is 0 Å². The van der Waals surface area contributed by atoms with Crippen molar-refractivity contribution in [1.29, 1.82) is 0 Å². The fraction of sp³-hybridized carbons (Fsp3) is 0.556. The molecule has 1 aromatic heterocycles. The van der Waals surface area contributed by atoms with Crippen molar-refractivity contribution >= 4 is 0 Å². The zero-order valence-electron chi connectivity index (χ0n) is 6.63. The van der Waals surface area contributed by atoms with E-state index in [-0.39, 0.29) is 0 Å². The van der Waals surface area contributed by atoms with Crippen molar-refractivity contribution in [3.8, 4) is 0 Å². The predicted molar refractivity (Wildman–Crippen MR) is 41.8 cm³/mol. The van der Waals surface area contributed by atoms with Crippen LogP contribution in [0.15, 0.2) is 22.8 Å². The van der Waals surface area contributed by atoms with E-state index in [1.54, 1.807) is 6.26 Å². The zero-order valence-corrected chi connectivity index (χ0v) is 6.63. The molecule has 0 N–H and O–H groups in total. The number of hydrogen-bond acceptors (Lipinski definition) is 1. The van der Waals surface area contributed by atoms with Crippen molar-refractivity contribution in [1.82, 2.24) is 0 Å². The first kappa shape index (κ1) is 7.39. The van der Waals surface area contributed by atoms with E-state index in [0.717, 1.165) is 11.7 Å². The lowest BCUT2D eigenvalue weighted by atomic mass is 10.5. The van der Waals surface area contributed by atoms with Crippen molar-refractivity contribution < 1.29 is 4.42 Å². The zero-order chi connectivity index (χ0) is 7.40. The Balaban J connectivity index is 0.000000108. The van der Waals surface area contributed by atoms with Gasteiger partial charge in [0.05, 0.1) is 6.26 Å². The highest BCUT2D eigenvalue weighted by Gasteiger charge is 2.12. The van der Waals surface area contributed by atoms with Gasteiger partial charge in [0.25, 0.3) is 0 Å². The summed E-state index contributed by atoms with van der Waals surface area (Å²) < 4.78 is 4.83. The molecule has 1 aromatic rings. The predicted octanol–water partition coefficient (Wildman–Crippen LogP) is 3.00. The molecule has 1 aliphatic rings. The summed E-state index contributed by atoms with van der Waals surface area (Å²) in [5.41, 5.74) is 0. The monoisotopic (exact) mass is 138 g/mol. The van der Waals surface area contributed by atoms with Crippen LogP contribution < -0.4 is 0 Å². The van der Waals surface area contributed by atoms with Gasteiger partial charge in [0.2, 0.25) is 0 Å². The van der Waals surface area contributed by atoms with Crippen molar-refractivity contribution in [3.63, 3.8) is 0 Å². The Bertz CT molecular complexity index is 161. The molecule has 0 radical (unpaired) electrons. The molecule has 56 valence electrons. The molecule has 1 heterocycles. The van der Waals surface area contributed by atoms with Gasteiger partial charge in [-0.1, -0.05) is 19.8 Å².